The first kappa shape index (κ1) is 21.2. The van der Waals surface area contributed by atoms with Crippen LogP contribution in [-0.2, 0) is 6.42 Å². The number of nitrogens with zero attached hydrogens (tertiary/aromatic N) is 5. The summed E-state index contributed by atoms with van der Waals surface area (Å²) in [4.78, 5) is 25.3. The lowest BCUT2D eigenvalue weighted by Gasteiger charge is -2.29. The van der Waals surface area contributed by atoms with Crippen molar-refractivity contribution in [3.63, 3.8) is 0 Å². The molecule has 2 aromatic carbocycles. The van der Waals surface area contributed by atoms with E-state index in [1.165, 1.54) is 16.8 Å². The van der Waals surface area contributed by atoms with E-state index in [4.69, 9.17) is 10.7 Å². The number of fused-ring (bicyclic) bond motifs is 2. The van der Waals surface area contributed by atoms with E-state index in [0.717, 1.165) is 58.5 Å². The Balaban J connectivity index is 1.38. The molecule has 176 valence electrons. The number of H-pyrrole nitrogens is 1. The van der Waals surface area contributed by atoms with Gasteiger partial charge in [0.15, 0.2) is 5.82 Å². The molecule has 9 heteroatoms. The number of nitrogen functional groups attached to an aromatic ring is 1. The Morgan fingerprint density at radius 2 is 1.91 bits per heavy atom. The van der Waals surface area contributed by atoms with Crippen LogP contribution in [0.4, 0.5) is 10.6 Å². The first-order chi connectivity index (χ1) is 17.1. The molecule has 0 saturated carbocycles. The Bertz CT molecular complexity index is 1530. The molecule has 0 bridgehead atoms. The molecule has 0 atom stereocenters. The van der Waals surface area contributed by atoms with Crippen LogP contribution in [0.3, 0.4) is 0 Å². The summed E-state index contributed by atoms with van der Waals surface area (Å²) < 4.78 is 1.87. The van der Waals surface area contributed by atoms with E-state index in [1.54, 1.807) is 0 Å². The zero-order valence-electron chi connectivity index (χ0n) is 19.1. The molecule has 1 fully saturated rings. The largest absolute Gasteiger partial charge is 0.465 e. The van der Waals surface area contributed by atoms with Gasteiger partial charge in [-0.2, -0.15) is 5.10 Å². The number of carboxylic acid groups (broad SMARTS) is 1. The molecule has 1 amide bonds. The smallest absolute Gasteiger partial charge is 0.407 e. The van der Waals surface area contributed by atoms with Crippen LogP contribution < -0.4 is 5.73 Å². The van der Waals surface area contributed by atoms with Gasteiger partial charge >= 0.3 is 6.09 Å². The lowest BCUT2D eigenvalue weighted by molar-refractivity contribution is 0.131. The Morgan fingerprint density at radius 3 is 2.69 bits per heavy atom. The van der Waals surface area contributed by atoms with Gasteiger partial charge in [-0.1, -0.05) is 36.4 Å². The summed E-state index contributed by atoms with van der Waals surface area (Å²) in [7, 11) is 0. The topological polar surface area (TPSA) is 125 Å². The molecule has 0 spiro atoms. The second-order valence-electron chi connectivity index (χ2n) is 9.01. The van der Waals surface area contributed by atoms with Gasteiger partial charge in [0.25, 0.3) is 0 Å². The van der Waals surface area contributed by atoms with Crippen LogP contribution in [0.25, 0.3) is 27.7 Å². The molecule has 9 nitrogen and oxygen atoms in total. The summed E-state index contributed by atoms with van der Waals surface area (Å²) in [5.41, 5.74) is 13.2. The quantitative estimate of drug-likeness (QED) is 0.362. The van der Waals surface area contributed by atoms with E-state index in [0.29, 0.717) is 18.9 Å². The van der Waals surface area contributed by atoms with Gasteiger partial charge < -0.3 is 20.7 Å². The predicted octanol–water partition coefficient (Wildman–Crippen LogP) is 4.30. The molecule has 0 aliphatic carbocycles. The second kappa shape index (κ2) is 8.43. The van der Waals surface area contributed by atoms with Gasteiger partial charge in [-0.3, -0.25) is 0 Å². The van der Waals surface area contributed by atoms with Crippen molar-refractivity contribution in [1.29, 1.82) is 0 Å². The number of nitrogens with two attached hydrogens (primary N) is 1. The number of hydrogen-bond acceptors (Lipinski definition) is 5. The van der Waals surface area contributed by atoms with Crippen LogP contribution in [-0.4, -0.2) is 53.8 Å². The van der Waals surface area contributed by atoms with Crippen molar-refractivity contribution in [3.8, 4) is 11.1 Å². The molecule has 4 heterocycles. The number of likely N-dealkylation sites (tertiary alicyclic amines) is 1. The Labute approximate surface area is 201 Å². The Hall–Kier alpha value is -4.40. The van der Waals surface area contributed by atoms with Crippen LogP contribution in [0.2, 0.25) is 0 Å². The highest BCUT2D eigenvalue weighted by atomic mass is 16.4. The molecule has 4 N–H and O–H groups in total. The number of aromatic amines is 1. The number of rotatable bonds is 4. The zero-order chi connectivity index (χ0) is 23.9. The molecule has 1 aliphatic rings. The van der Waals surface area contributed by atoms with E-state index in [9.17, 15) is 9.90 Å². The maximum absolute atomic E-state index is 11.3. The lowest BCUT2D eigenvalue weighted by atomic mass is 9.93. The van der Waals surface area contributed by atoms with Gasteiger partial charge in [-0.05, 0) is 42.2 Å². The SMILES string of the molecule is Nc1ncnn2c(C3CCN(C(=O)O)CC3)cc(-c3ccc4nc(Cc5ccccc5)[nH]c4c3)c12. The fraction of sp³-hybridized carbons (Fsp3) is 0.231. The van der Waals surface area contributed by atoms with Crippen LogP contribution in [0.15, 0.2) is 60.9 Å². The van der Waals surface area contributed by atoms with Crippen molar-refractivity contribution in [2.75, 3.05) is 18.8 Å². The van der Waals surface area contributed by atoms with Crippen molar-refractivity contribution in [2.24, 2.45) is 0 Å². The van der Waals surface area contributed by atoms with Crippen molar-refractivity contribution in [1.82, 2.24) is 29.5 Å². The highest BCUT2D eigenvalue weighted by Gasteiger charge is 2.27. The minimum absolute atomic E-state index is 0.189. The molecule has 3 aromatic heterocycles. The molecule has 0 unspecified atom stereocenters. The summed E-state index contributed by atoms with van der Waals surface area (Å²) in [6.45, 7) is 1.01. The lowest BCUT2D eigenvalue weighted by Crippen LogP contribution is -2.37. The highest BCUT2D eigenvalue weighted by Crippen LogP contribution is 2.37. The third-order valence-corrected chi connectivity index (χ3v) is 6.85. The molecule has 6 rings (SSSR count). The van der Waals surface area contributed by atoms with E-state index in [2.05, 4.69) is 39.3 Å². The average molecular weight is 468 g/mol. The minimum atomic E-state index is -0.866. The zero-order valence-corrected chi connectivity index (χ0v) is 19.1. The van der Waals surface area contributed by atoms with E-state index in [-0.39, 0.29) is 5.92 Å². The number of anilines is 1. The van der Waals surface area contributed by atoms with Gasteiger partial charge in [0.1, 0.15) is 17.7 Å². The summed E-state index contributed by atoms with van der Waals surface area (Å²) in [5.74, 6) is 1.52. The standard InChI is InChI=1S/C26H25N7O2/c27-25-24-19(14-22(33(24)29-15-28-25)17-8-10-32(11-9-17)26(34)35)18-6-7-20-21(13-18)31-23(30-20)12-16-4-2-1-3-5-16/h1-7,13-15,17H,8-12H2,(H,30,31)(H,34,35)(H2,27,28,29). The summed E-state index contributed by atoms with van der Waals surface area (Å²) >= 11 is 0. The first-order valence-corrected chi connectivity index (χ1v) is 11.7. The molecule has 5 aromatic rings. The highest BCUT2D eigenvalue weighted by molar-refractivity contribution is 5.92. The van der Waals surface area contributed by atoms with Crippen LogP contribution in [0.1, 0.15) is 35.8 Å². The monoisotopic (exact) mass is 467 g/mol. The number of benzene rings is 2. The third-order valence-electron chi connectivity index (χ3n) is 6.85. The van der Waals surface area contributed by atoms with Gasteiger partial charge in [0.05, 0.1) is 11.0 Å². The van der Waals surface area contributed by atoms with E-state index < -0.39 is 6.09 Å². The Morgan fingerprint density at radius 1 is 1.11 bits per heavy atom. The number of amides is 1. The first-order valence-electron chi connectivity index (χ1n) is 11.7. The number of piperidine rings is 1. The van der Waals surface area contributed by atoms with E-state index >= 15 is 0 Å². The molecule has 0 radical (unpaired) electrons. The number of imidazole rings is 1. The summed E-state index contributed by atoms with van der Waals surface area (Å²) in [5, 5.41) is 13.8. The molecule has 35 heavy (non-hydrogen) atoms. The number of aromatic nitrogens is 5. The van der Waals surface area contributed by atoms with Gasteiger partial charge in [0, 0.05) is 36.7 Å². The third kappa shape index (κ3) is 3.84. The molecule has 1 aliphatic heterocycles. The van der Waals surface area contributed by atoms with Gasteiger partial charge in [0.2, 0.25) is 0 Å². The molecular weight excluding hydrogens is 442 g/mol. The van der Waals surface area contributed by atoms with Gasteiger partial charge in [-0.25, -0.2) is 19.3 Å². The number of hydrogen-bond donors (Lipinski definition) is 3. The maximum Gasteiger partial charge on any atom is 0.407 e. The fourth-order valence-electron chi connectivity index (χ4n) is 5.07. The second-order valence-corrected chi connectivity index (χ2v) is 9.01. The minimum Gasteiger partial charge on any atom is -0.465 e. The van der Waals surface area contributed by atoms with Crippen LogP contribution in [0, 0.1) is 0 Å². The summed E-state index contributed by atoms with van der Waals surface area (Å²) in [6.07, 6.45) is 2.82. The molecular formula is C26H25N7O2. The van der Waals surface area contributed by atoms with E-state index in [1.807, 2.05) is 34.8 Å². The number of nitrogens with one attached hydrogen (secondary N) is 1. The average Bonchev–Trinajstić information content (AvgIpc) is 3.46. The maximum atomic E-state index is 11.3. The van der Waals surface area contributed by atoms with Crippen molar-refractivity contribution < 1.29 is 9.90 Å². The van der Waals surface area contributed by atoms with Crippen LogP contribution >= 0.6 is 0 Å². The van der Waals surface area contributed by atoms with Crippen LogP contribution in [0.5, 0.6) is 0 Å². The normalized spacial score (nSPS) is 14.7. The predicted molar refractivity (Wildman–Crippen MR) is 133 cm³/mol. The molecule has 1 saturated heterocycles. The van der Waals surface area contributed by atoms with Crippen molar-refractivity contribution in [2.45, 2.75) is 25.2 Å². The summed E-state index contributed by atoms with van der Waals surface area (Å²) in [6, 6.07) is 18.6. The number of carbonyl (C=O) groups is 1. The van der Waals surface area contributed by atoms with Crippen molar-refractivity contribution in [3.05, 3.63) is 78.0 Å². The van der Waals surface area contributed by atoms with Gasteiger partial charge in [-0.15, -0.1) is 0 Å². The fourth-order valence-corrected chi connectivity index (χ4v) is 5.07. The Kier molecular flexibility index (Phi) is 5.09. The van der Waals surface area contributed by atoms with Crippen molar-refractivity contribution >= 4 is 28.5 Å².